The highest BCUT2D eigenvalue weighted by molar-refractivity contribution is 6.07. The van der Waals surface area contributed by atoms with Crippen LogP contribution in [-0.2, 0) is 19.1 Å². The summed E-state index contributed by atoms with van der Waals surface area (Å²) in [7, 11) is 1.25. The van der Waals surface area contributed by atoms with Crippen LogP contribution in [0.15, 0.2) is 0 Å². The quantitative estimate of drug-likeness (QED) is 0.503. The first-order valence-corrected chi connectivity index (χ1v) is 5.65. The van der Waals surface area contributed by atoms with Gasteiger partial charge < -0.3 is 10.5 Å². The normalized spacial score (nSPS) is 22.2. The van der Waals surface area contributed by atoms with E-state index >= 15 is 0 Å². The molecule has 1 aliphatic rings. The van der Waals surface area contributed by atoms with Crippen LogP contribution in [0.5, 0.6) is 0 Å². The number of amides is 2. The minimum Gasteiger partial charge on any atom is -0.467 e. The van der Waals surface area contributed by atoms with Crippen LogP contribution >= 0.6 is 0 Å². The maximum absolute atomic E-state index is 11.8. The third-order valence-electron chi connectivity index (χ3n) is 2.76. The van der Waals surface area contributed by atoms with Crippen LogP contribution in [-0.4, -0.2) is 41.9 Å². The van der Waals surface area contributed by atoms with E-state index in [0.717, 1.165) is 4.90 Å². The summed E-state index contributed by atoms with van der Waals surface area (Å²) in [6.07, 6.45) is 0.487. The number of quaternary nitrogens is 1. The van der Waals surface area contributed by atoms with E-state index in [1.807, 2.05) is 13.8 Å². The van der Waals surface area contributed by atoms with Crippen molar-refractivity contribution >= 4 is 17.8 Å². The molecule has 6 nitrogen and oxygen atoms in total. The topological polar surface area (TPSA) is 91.3 Å². The van der Waals surface area contributed by atoms with Crippen molar-refractivity contribution in [3.63, 3.8) is 0 Å². The molecule has 96 valence electrons. The number of methoxy groups -OCH3 is 1. The van der Waals surface area contributed by atoms with Crippen LogP contribution in [0.4, 0.5) is 0 Å². The van der Waals surface area contributed by atoms with Crippen LogP contribution in [0.25, 0.3) is 0 Å². The molecule has 0 spiro atoms. The molecular weight excluding hydrogens is 224 g/mol. The van der Waals surface area contributed by atoms with E-state index in [-0.39, 0.29) is 24.2 Å². The van der Waals surface area contributed by atoms with Gasteiger partial charge in [0.2, 0.25) is 5.91 Å². The van der Waals surface area contributed by atoms with Crippen LogP contribution in [0.2, 0.25) is 0 Å². The van der Waals surface area contributed by atoms with E-state index < -0.39 is 18.1 Å². The van der Waals surface area contributed by atoms with Crippen LogP contribution in [0.3, 0.4) is 0 Å². The molecule has 2 atom stereocenters. The Morgan fingerprint density at radius 1 is 1.53 bits per heavy atom. The predicted octanol–water partition coefficient (Wildman–Crippen LogP) is -1.06. The van der Waals surface area contributed by atoms with Crippen molar-refractivity contribution in [2.75, 3.05) is 7.11 Å². The lowest BCUT2D eigenvalue weighted by Gasteiger charge is -2.24. The second-order valence-corrected chi connectivity index (χ2v) is 4.67. The molecule has 1 saturated heterocycles. The monoisotopic (exact) mass is 243 g/mol. The third kappa shape index (κ3) is 2.82. The Hall–Kier alpha value is -1.43. The minimum atomic E-state index is -0.813. The molecule has 0 saturated carbocycles. The van der Waals surface area contributed by atoms with Crippen LogP contribution in [0.1, 0.15) is 26.7 Å². The summed E-state index contributed by atoms with van der Waals surface area (Å²) in [6, 6.07) is -1.39. The first kappa shape index (κ1) is 13.6. The Morgan fingerprint density at radius 2 is 2.12 bits per heavy atom. The van der Waals surface area contributed by atoms with Crippen molar-refractivity contribution in [3.05, 3.63) is 0 Å². The molecule has 0 aliphatic carbocycles. The van der Waals surface area contributed by atoms with E-state index in [1.54, 1.807) is 0 Å². The van der Waals surface area contributed by atoms with Crippen molar-refractivity contribution in [2.45, 2.75) is 38.8 Å². The number of ether oxygens (including phenoxy) is 1. The van der Waals surface area contributed by atoms with E-state index in [1.165, 1.54) is 7.11 Å². The molecule has 17 heavy (non-hydrogen) atoms. The molecule has 0 aromatic carbocycles. The van der Waals surface area contributed by atoms with Crippen molar-refractivity contribution in [2.24, 2.45) is 5.92 Å². The summed E-state index contributed by atoms with van der Waals surface area (Å²) in [6.45, 7) is 3.84. The zero-order valence-corrected chi connectivity index (χ0v) is 10.4. The minimum absolute atomic E-state index is 0.0738. The van der Waals surface area contributed by atoms with Gasteiger partial charge in [-0.15, -0.1) is 0 Å². The second kappa shape index (κ2) is 5.27. The highest BCUT2D eigenvalue weighted by atomic mass is 16.5. The highest BCUT2D eigenvalue weighted by Crippen LogP contribution is 2.20. The average molecular weight is 243 g/mol. The summed E-state index contributed by atoms with van der Waals surface area (Å²) in [4.78, 5) is 36.2. The van der Waals surface area contributed by atoms with Gasteiger partial charge in [-0.2, -0.15) is 0 Å². The second-order valence-electron chi connectivity index (χ2n) is 4.67. The number of hydrogen-bond donors (Lipinski definition) is 1. The first-order chi connectivity index (χ1) is 7.88. The van der Waals surface area contributed by atoms with Crippen LogP contribution < -0.4 is 5.73 Å². The Morgan fingerprint density at radius 3 is 2.47 bits per heavy atom. The van der Waals surface area contributed by atoms with Crippen molar-refractivity contribution < 1.29 is 24.9 Å². The van der Waals surface area contributed by atoms with E-state index in [2.05, 4.69) is 10.5 Å². The van der Waals surface area contributed by atoms with Gasteiger partial charge >= 0.3 is 5.97 Å². The number of hydrogen-bond acceptors (Lipinski definition) is 4. The fourth-order valence-electron chi connectivity index (χ4n) is 1.93. The molecule has 0 aromatic heterocycles. The molecule has 0 radical (unpaired) electrons. The lowest BCUT2D eigenvalue weighted by Crippen LogP contribution is -2.65. The number of carbonyl (C=O) groups is 3. The maximum atomic E-state index is 11.8. The zero-order chi connectivity index (χ0) is 13.2. The molecule has 6 heteroatoms. The van der Waals surface area contributed by atoms with Gasteiger partial charge in [0.25, 0.3) is 5.91 Å². The molecule has 2 unspecified atom stereocenters. The molecule has 1 heterocycles. The molecular formula is C11H19N2O4+. The Balaban J connectivity index is 2.93. The number of imide groups is 1. The molecule has 2 amide bonds. The lowest BCUT2D eigenvalue weighted by atomic mass is 10.0. The SMILES string of the molecule is COC(=O)C(CC(C)C)N1C(=O)CC([NH3+])C1=O. The largest absolute Gasteiger partial charge is 0.467 e. The maximum Gasteiger partial charge on any atom is 0.329 e. The van der Waals surface area contributed by atoms with E-state index in [0.29, 0.717) is 6.42 Å². The Kier molecular flexibility index (Phi) is 4.22. The molecule has 1 fully saturated rings. The van der Waals surface area contributed by atoms with Gasteiger partial charge in [-0.3, -0.25) is 14.5 Å². The first-order valence-electron chi connectivity index (χ1n) is 5.65. The van der Waals surface area contributed by atoms with Gasteiger partial charge in [0.05, 0.1) is 13.5 Å². The van der Waals surface area contributed by atoms with E-state index in [4.69, 9.17) is 0 Å². The summed E-state index contributed by atoms with van der Waals surface area (Å²) >= 11 is 0. The van der Waals surface area contributed by atoms with Crippen LogP contribution in [0, 0.1) is 5.92 Å². The Bertz CT molecular complexity index is 340. The number of nitrogens with zero attached hydrogens (tertiary/aromatic N) is 1. The highest BCUT2D eigenvalue weighted by Gasteiger charge is 2.45. The van der Waals surface area contributed by atoms with Crippen molar-refractivity contribution in [1.29, 1.82) is 0 Å². The standard InChI is InChI=1S/C11H18N2O4/c1-6(2)4-8(11(16)17-3)13-9(14)5-7(12)10(13)15/h6-8H,4-5,12H2,1-3H3/p+1. The van der Waals surface area contributed by atoms with Gasteiger partial charge in [-0.1, -0.05) is 13.8 Å². The fraction of sp³-hybridized carbons (Fsp3) is 0.727. The van der Waals surface area contributed by atoms with Crippen molar-refractivity contribution in [1.82, 2.24) is 4.90 Å². The Labute approximate surface area is 100 Å². The average Bonchev–Trinajstić information content (AvgIpc) is 2.49. The number of carbonyl (C=O) groups excluding carboxylic acids is 3. The number of rotatable bonds is 4. The smallest absolute Gasteiger partial charge is 0.329 e. The molecule has 0 bridgehead atoms. The third-order valence-corrected chi connectivity index (χ3v) is 2.76. The number of esters is 1. The van der Waals surface area contributed by atoms with Gasteiger partial charge in [-0.25, -0.2) is 4.79 Å². The van der Waals surface area contributed by atoms with Gasteiger partial charge in [-0.05, 0) is 12.3 Å². The predicted molar refractivity (Wildman–Crippen MR) is 58.4 cm³/mol. The lowest BCUT2D eigenvalue weighted by molar-refractivity contribution is -0.400. The summed E-state index contributed by atoms with van der Waals surface area (Å²) < 4.78 is 4.65. The van der Waals surface area contributed by atoms with Crippen molar-refractivity contribution in [3.8, 4) is 0 Å². The van der Waals surface area contributed by atoms with Gasteiger partial charge in [0, 0.05) is 0 Å². The van der Waals surface area contributed by atoms with E-state index in [9.17, 15) is 14.4 Å². The molecule has 0 aromatic rings. The zero-order valence-electron chi connectivity index (χ0n) is 10.4. The fourth-order valence-corrected chi connectivity index (χ4v) is 1.93. The van der Waals surface area contributed by atoms with Gasteiger partial charge in [0.1, 0.15) is 6.04 Å². The molecule has 1 rings (SSSR count). The van der Waals surface area contributed by atoms with Gasteiger partial charge in [0.15, 0.2) is 6.04 Å². The summed E-state index contributed by atoms with van der Waals surface area (Å²) in [5.74, 6) is -1.09. The number of likely N-dealkylation sites (tertiary alicyclic amines) is 1. The molecule has 3 N–H and O–H groups in total. The molecule has 1 aliphatic heterocycles. The summed E-state index contributed by atoms with van der Waals surface area (Å²) in [5.41, 5.74) is 3.60. The summed E-state index contributed by atoms with van der Waals surface area (Å²) in [5, 5.41) is 0.